The summed E-state index contributed by atoms with van der Waals surface area (Å²) in [4.78, 5) is 35.2. The summed E-state index contributed by atoms with van der Waals surface area (Å²) in [5, 5.41) is 33.6. The molecule has 3 N–H and O–H groups in total. The Bertz CT molecular complexity index is 1100. The van der Waals surface area contributed by atoms with Crippen LogP contribution in [0.15, 0.2) is 36.9 Å². The van der Waals surface area contributed by atoms with E-state index in [4.69, 9.17) is 4.74 Å². The van der Waals surface area contributed by atoms with Crippen LogP contribution < -0.4 is 5.32 Å². The number of imidazole rings is 1. The minimum absolute atomic E-state index is 0.0294. The number of rotatable bonds is 5. The van der Waals surface area contributed by atoms with Gasteiger partial charge in [0.1, 0.15) is 24.1 Å². The van der Waals surface area contributed by atoms with Gasteiger partial charge in [0, 0.05) is 18.7 Å². The third kappa shape index (κ3) is 3.47. The Kier molecular flexibility index (Phi) is 5.11. The summed E-state index contributed by atoms with van der Waals surface area (Å²) >= 11 is 0. The van der Waals surface area contributed by atoms with Crippen LogP contribution in [0, 0.1) is 10.1 Å². The number of aromatic nitrogens is 4. The second-order valence-corrected chi connectivity index (χ2v) is 6.87. The number of hydrogen-bond acceptors (Lipinski definition) is 9. The van der Waals surface area contributed by atoms with Gasteiger partial charge >= 0.3 is 0 Å². The Morgan fingerprint density at radius 1 is 1.23 bits per heavy atom. The lowest BCUT2D eigenvalue weighted by molar-refractivity contribution is -0.384. The fourth-order valence-corrected chi connectivity index (χ4v) is 3.26. The van der Waals surface area contributed by atoms with Crippen LogP contribution in [0.5, 0.6) is 0 Å². The molecule has 0 spiro atoms. The molecule has 12 nitrogen and oxygen atoms in total. The molecule has 1 fully saturated rings. The number of benzene rings is 1. The molecular weight excluding hydrogens is 396 g/mol. The molecule has 4 atom stereocenters. The molecule has 0 bridgehead atoms. The first-order valence-corrected chi connectivity index (χ1v) is 9.07. The number of carbonyl (C=O) groups is 1. The van der Waals surface area contributed by atoms with E-state index < -0.39 is 35.4 Å². The van der Waals surface area contributed by atoms with E-state index in [0.717, 1.165) is 0 Å². The van der Waals surface area contributed by atoms with Crippen molar-refractivity contribution in [3.05, 3.63) is 58.3 Å². The number of nitro benzene ring substituents is 1. The molecule has 30 heavy (non-hydrogen) atoms. The average Bonchev–Trinajstić information content (AvgIpc) is 3.28. The Hall–Kier alpha value is -3.48. The van der Waals surface area contributed by atoms with Crippen molar-refractivity contribution in [3.8, 4) is 0 Å². The number of nitro groups is 1. The van der Waals surface area contributed by atoms with E-state index in [1.807, 2.05) is 0 Å². The third-order valence-electron chi connectivity index (χ3n) is 4.93. The van der Waals surface area contributed by atoms with Crippen molar-refractivity contribution in [1.82, 2.24) is 24.8 Å². The van der Waals surface area contributed by atoms with Gasteiger partial charge in [-0.2, -0.15) is 0 Å². The van der Waals surface area contributed by atoms with Gasteiger partial charge in [0.05, 0.1) is 17.4 Å². The molecule has 2 aromatic heterocycles. The molecule has 12 heteroatoms. The van der Waals surface area contributed by atoms with Crippen molar-refractivity contribution in [3.63, 3.8) is 0 Å². The first kappa shape index (κ1) is 19.8. The molecule has 4 rings (SSSR count). The van der Waals surface area contributed by atoms with Gasteiger partial charge in [-0.15, -0.1) is 0 Å². The van der Waals surface area contributed by atoms with E-state index in [1.54, 1.807) is 19.1 Å². The minimum Gasteiger partial charge on any atom is -0.388 e. The Labute approximate surface area is 169 Å². The predicted octanol–water partition coefficient (Wildman–Crippen LogP) is 0.304. The van der Waals surface area contributed by atoms with Crippen molar-refractivity contribution in [2.45, 2.75) is 38.0 Å². The average molecular weight is 414 g/mol. The maximum absolute atomic E-state index is 12.6. The number of aliphatic hydroxyl groups is 2. The molecule has 1 aliphatic heterocycles. The van der Waals surface area contributed by atoms with Crippen molar-refractivity contribution >= 4 is 22.8 Å². The fraction of sp³-hybridized carbons (Fsp3) is 0.333. The molecule has 0 aliphatic carbocycles. The number of carbonyl (C=O) groups excluding carboxylic acids is 1. The Morgan fingerprint density at radius 3 is 2.60 bits per heavy atom. The Morgan fingerprint density at radius 2 is 1.97 bits per heavy atom. The zero-order chi connectivity index (χ0) is 21.4. The van der Waals surface area contributed by atoms with Gasteiger partial charge < -0.3 is 20.3 Å². The number of aliphatic hydroxyl groups excluding tert-OH is 2. The summed E-state index contributed by atoms with van der Waals surface area (Å²) in [7, 11) is 0. The van der Waals surface area contributed by atoms with E-state index in [0.29, 0.717) is 5.56 Å². The lowest BCUT2D eigenvalue weighted by atomic mass is 10.1. The maximum Gasteiger partial charge on any atom is 0.272 e. The zero-order valence-electron chi connectivity index (χ0n) is 15.7. The number of hydrogen-bond donors (Lipinski definition) is 3. The topological polar surface area (TPSA) is 166 Å². The molecule has 1 aliphatic rings. The smallest absolute Gasteiger partial charge is 0.272 e. The van der Waals surface area contributed by atoms with Crippen LogP contribution >= 0.6 is 0 Å². The molecule has 1 saturated heterocycles. The molecular formula is C18H18N6O6. The van der Waals surface area contributed by atoms with Gasteiger partial charge in [0.2, 0.25) is 0 Å². The molecule has 1 amide bonds. The van der Waals surface area contributed by atoms with Gasteiger partial charge in [0.15, 0.2) is 17.6 Å². The lowest BCUT2D eigenvalue weighted by Crippen LogP contribution is -2.30. The summed E-state index contributed by atoms with van der Waals surface area (Å²) < 4.78 is 7.03. The molecule has 156 valence electrons. The first-order chi connectivity index (χ1) is 14.4. The van der Waals surface area contributed by atoms with Gasteiger partial charge in [-0.3, -0.25) is 19.5 Å². The standard InChI is InChI=1S/C18H18N6O6/c1-9-14(25)15(26)18(30-9)23-8-22-12-13(20-7-21-16(12)23)17(27)19-6-10-2-4-11(5-3-10)24(28)29/h2-5,7-9,14-15,18,25-26H,6H2,1H3,(H,19,27)/t9-,14-,15-,18-/m1/s1. The van der Waals surface area contributed by atoms with Gasteiger partial charge in [-0.05, 0) is 12.5 Å². The highest BCUT2D eigenvalue weighted by Crippen LogP contribution is 2.31. The highest BCUT2D eigenvalue weighted by Gasteiger charge is 2.42. The summed E-state index contributed by atoms with van der Waals surface area (Å²) in [6, 6.07) is 5.81. The lowest BCUT2D eigenvalue weighted by Gasteiger charge is -2.16. The van der Waals surface area contributed by atoms with E-state index >= 15 is 0 Å². The molecule has 1 aromatic carbocycles. The first-order valence-electron chi connectivity index (χ1n) is 9.07. The molecule has 0 unspecified atom stereocenters. The van der Waals surface area contributed by atoms with Crippen LogP contribution in [0.4, 0.5) is 5.69 Å². The van der Waals surface area contributed by atoms with Crippen molar-refractivity contribution in [2.24, 2.45) is 0 Å². The molecule has 0 radical (unpaired) electrons. The number of nitrogens with one attached hydrogen (secondary N) is 1. The maximum atomic E-state index is 12.6. The van der Waals surface area contributed by atoms with Crippen LogP contribution in [0.2, 0.25) is 0 Å². The Balaban J connectivity index is 1.54. The largest absolute Gasteiger partial charge is 0.388 e. The summed E-state index contributed by atoms with van der Waals surface area (Å²) in [5.74, 6) is -0.507. The normalized spacial score (nSPS) is 23.6. The number of non-ortho nitro benzene ring substituents is 1. The molecule has 3 aromatic rings. The fourth-order valence-electron chi connectivity index (χ4n) is 3.26. The van der Waals surface area contributed by atoms with Crippen molar-refractivity contribution < 1.29 is 24.7 Å². The van der Waals surface area contributed by atoms with Gasteiger partial charge in [-0.25, -0.2) is 15.0 Å². The van der Waals surface area contributed by atoms with E-state index in [2.05, 4.69) is 20.3 Å². The monoisotopic (exact) mass is 414 g/mol. The zero-order valence-corrected chi connectivity index (χ0v) is 15.7. The second-order valence-electron chi connectivity index (χ2n) is 6.87. The van der Waals surface area contributed by atoms with E-state index in [1.165, 1.54) is 29.4 Å². The quantitative estimate of drug-likeness (QED) is 0.393. The summed E-state index contributed by atoms with van der Waals surface area (Å²) in [6.07, 6.45) is -1.14. The summed E-state index contributed by atoms with van der Waals surface area (Å²) in [6.45, 7) is 1.77. The van der Waals surface area contributed by atoms with Crippen LogP contribution in [0.25, 0.3) is 11.2 Å². The van der Waals surface area contributed by atoms with Crippen LogP contribution in [-0.4, -0.2) is 58.9 Å². The van der Waals surface area contributed by atoms with E-state index in [-0.39, 0.29) is 29.1 Å². The van der Waals surface area contributed by atoms with E-state index in [9.17, 15) is 25.1 Å². The van der Waals surface area contributed by atoms with Crippen molar-refractivity contribution in [2.75, 3.05) is 0 Å². The van der Waals surface area contributed by atoms with Gasteiger partial charge in [0.25, 0.3) is 11.6 Å². The number of fused-ring (bicyclic) bond motifs is 1. The molecule has 0 saturated carbocycles. The van der Waals surface area contributed by atoms with Crippen LogP contribution in [0.3, 0.4) is 0 Å². The minimum atomic E-state index is -1.17. The third-order valence-corrected chi connectivity index (χ3v) is 4.93. The van der Waals surface area contributed by atoms with Gasteiger partial charge in [-0.1, -0.05) is 12.1 Å². The number of amides is 1. The van der Waals surface area contributed by atoms with Crippen LogP contribution in [0.1, 0.15) is 29.2 Å². The molecule has 3 heterocycles. The summed E-state index contributed by atoms with van der Waals surface area (Å²) in [5.41, 5.74) is 1.15. The van der Waals surface area contributed by atoms with Crippen LogP contribution in [-0.2, 0) is 11.3 Å². The SMILES string of the molecule is C[C@H]1O[C@@H](n2cnc3c(C(=O)NCc4ccc([N+](=O)[O-])cc4)ncnc32)[C@H](O)[C@@H]1O. The van der Waals surface area contributed by atoms with Crippen molar-refractivity contribution in [1.29, 1.82) is 0 Å². The predicted molar refractivity (Wildman–Crippen MR) is 101 cm³/mol. The highest BCUT2D eigenvalue weighted by molar-refractivity contribution is 6.02. The number of ether oxygens (including phenoxy) is 1. The highest BCUT2D eigenvalue weighted by atomic mass is 16.6. The number of nitrogens with zero attached hydrogens (tertiary/aromatic N) is 5. The second kappa shape index (κ2) is 7.74.